The smallest absolute Gasteiger partial charge is 0.256 e. The molecule has 15 heteroatoms. The van der Waals surface area contributed by atoms with Gasteiger partial charge in [-0.3, -0.25) is 4.79 Å². The van der Waals surface area contributed by atoms with Crippen LogP contribution in [0.15, 0.2) is 59.7 Å². The molecule has 1 aromatic heterocycles. The van der Waals surface area contributed by atoms with E-state index in [0.717, 1.165) is 10.9 Å². The molecule has 2 atom stereocenters. The zero-order valence-corrected chi connectivity index (χ0v) is 23.7. The van der Waals surface area contributed by atoms with Crippen LogP contribution in [0.25, 0.3) is 11.1 Å². The normalized spacial score (nSPS) is 19.7. The summed E-state index contributed by atoms with van der Waals surface area (Å²) in [5, 5.41) is -5.32. The lowest BCUT2D eigenvalue weighted by molar-refractivity contribution is 0.380. The summed E-state index contributed by atoms with van der Waals surface area (Å²) in [6.07, 6.45) is 2.66. The first-order valence-electron chi connectivity index (χ1n) is 13.5. The van der Waals surface area contributed by atoms with Gasteiger partial charge in [0, 0.05) is 23.1 Å². The van der Waals surface area contributed by atoms with Crippen LogP contribution < -0.4 is 10.3 Å². The maximum Gasteiger partial charge on any atom is 0.256 e. The maximum absolute atomic E-state index is 16.0. The number of aryl methyl sites for hydroxylation is 1. The summed E-state index contributed by atoms with van der Waals surface area (Å²) in [5.41, 5.74) is -1.48. The standard InChI is InChI=1S/C27H23B7FN3O3S/c28-25(26(29,30)31,27(32,33)34)38-14-36-21-12-11-20(37-42(40,41)17-9-10-17)19(22(21)24(38)39)13-16-7-4-8-18(23(16)35)15-5-2-1-3-6-15/h1-8,14,17,19-20,37H,9-13H2. The van der Waals surface area contributed by atoms with Crippen molar-refractivity contribution in [1.82, 2.24) is 14.3 Å². The van der Waals surface area contributed by atoms with Gasteiger partial charge in [0.15, 0.2) is 0 Å². The molecule has 6 nitrogen and oxygen atoms in total. The molecule has 1 N–H and O–H groups in total. The van der Waals surface area contributed by atoms with Crippen molar-refractivity contribution in [2.24, 2.45) is 0 Å². The lowest BCUT2D eigenvalue weighted by Gasteiger charge is -2.56. The van der Waals surface area contributed by atoms with E-state index in [1.54, 1.807) is 42.5 Å². The highest BCUT2D eigenvalue weighted by molar-refractivity contribution is 7.90. The zero-order valence-electron chi connectivity index (χ0n) is 22.9. The Morgan fingerprint density at radius 2 is 1.57 bits per heavy atom. The number of nitrogens with zero attached hydrogens (tertiary/aromatic N) is 2. The molecule has 14 radical (unpaired) electrons. The predicted octanol–water partition coefficient (Wildman–Crippen LogP) is 0.752. The SMILES string of the molecule is [B]C([B])([B])C([B])(n1cnc2c(c1=O)C(Cc1cccc(-c3ccccc3)c1F)C(NS(=O)(=O)C1CC1)CC2)C([B])([B])[B]. The summed E-state index contributed by atoms with van der Waals surface area (Å²) < 4.78 is 45.7. The van der Waals surface area contributed by atoms with Crippen LogP contribution >= 0.6 is 0 Å². The van der Waals surface area contributed by atoms with Gasteiger partial charge in [0.05, 0.1) is 72.2 Å². The number of aromatic nitrogens is 2. The fraction of sp³-hybridized carbons (Fsp3) is 0.407. The highest BCUT2D eigenvalue weighted by Crippen LogP contribution is 2.46. The Bertz CT molecular complexity index is 1640. The fourth-order valence-corrected chi connectivity index (χ4v) is 7.35. The van der Waals surface area contributed by atoms with E-state index in [1.165, 1.54) is 0 Å². The minimum absolute atomic E-state index is 0.0477. The van der Waals surface area contributed by atoms with E-state index in [-0.39, 0.29) is 24.0 Å². The van der Waals surface area contributed by atoms with Crippen molar-refractivity contribution in [2.45, 2.75) is 65.0 Å². The van der Waals surface area contributed by atoms with Crippen molar-refractivity contribution in [3.8, 4) is 11.1 Å². The molecule has 0 spiro atoms. The number of nitrogens with one attached hydrogen (secondary N) is 1. The van der Waals surface area contributed by atoms with Gasteiger partial charge in [-0.15, -0.1) is 10.2 Å². The van der Waals surface area contributed by atoms with Crippen LogP contribution in [0.3, 0.4) is 0 Å². The van der Waals surface area contributed by atoms with Crippen molar-refractivity contribution in [3.05, 3.63) is 87.9 Å². The average Bonchev–Trinajstić information content (AvgIpc) is 3.76. The summed E-state index contributed by atoms with van der Waals surface area (Å²) in [4.78, 5) is 18.6. The van der Waals surface area contributed by atoms with Gasteiger partial charge in [-0.2, -0.15) is 0 Å². The van der Waals surface area contributed by atoms with Crippen molar-refractivity contribution in [1.29, 1.82) is 0 Å². The van der Waals surface area contributed by atoms with E-state index in [9.17, 15) is 13.2 Å². The van der Waals surface area contributed by atoms with Crippen LogP contribution in [0.4, 0.5) is 4.39 Å². The Morgan fingerprint density at radius 3 is 2.17 bits per heavy atom. The van der Waals surface area contributed by atoms with Gasteiger partial charge in [0.25, 0.3) is 5.56 Å². The molecule has 1 saturated carbocycles. The second-order valence-electron chi connectivity index (χ2n) is 11.4. The molecule has 1 heterocycles. The molecule has 2 aliphatic rings. The summed E-state index contributed by atoms with van der Waals surface area (Å²) in [5.74, 6) is -1.36. The van der Waals surface area contributed by atoms with Crippen molar-refractivity contribution < 1.29 is 12.8 Å². The third kappa shape index (κ3) is 5.52. The van der Waals surface area contributed by atoms with Gasteiger partial charge in [-0.1, -0.05) is 48.5 Å². The monoisotopic (exact) mass is 565 g/mol. The number of hydrogen-bond donors (Lipinski definition) is 1. The lowest BCUT2D eigenvalue weighted by atomic mass is 9.18. The van der Waals surface area contributed by atoms with Crippen LogP contribution in [0.1, 0.15) is 42.0 Å². The fourth-order valence-electron chi connectivity index (χ4n) is 5.70. The summed E-state index contributed by atoms with van der Waals surface area (Å²) in [6, 6.07) is 13.2. The second kappa shape index (κ2) is 11.0. The van der Waals surface area contributed by atoms with Gasteiger partial charge >= 0.3 is 0 Å². The average molecular weight is 564 g/mol. The Morgan fingerprint density at radius 1 is 0.929 bits per heavy atom. The van der Waals surface area contributed by atoms with E-state index >= 15 is 4.39 Å². The summed E-state index contributed by atoms with van der Waals surface area (Å²) in [6.45, 7) is 0. The van der Waals surface area contributed by atoms with Gasteiger partial charge in [-0.25, -0.2) is 22.5 Å². The van der Waals surface area contributed by atoms with E-state index in [1.807, 2.05) is 6.07 Å². The number of benzene rings is 2. The first kappa shape index (κ1) is 31.1. The number of sulfonamides is 1. The largest absolute Gasteiger partial charge is 0.305 e. The molecule has 198 valence electrons. The Balaban J connectivity index is 1.67. The molecule has 2 unspecified atom stereocenters. The van der Waals surface area contributed by atoms with E-state index in [0.29, 0.717) is 36.1 Å². The first-order chi connectivity index (χ1) is 19.6. The molecule has 3 aromatic rings. The lowest BCUT2D eigenvalue weighted by Crippen LogP contribution is -2.61. The summed E-state index contributed by atoms with van der Waals surface area (Å²) >= 11 is 0. The maximum atomic E-state index is 16.0. The van der Waals surface area contributed by atoms with Crippen LogP contribution in [0.5, 0.6) is 0 Å². The van der Waals surface area contributed by atoms with Gasteiger partial charge in [0.1, 0.15) is 5.82 Å². The molecule has 0 aliphatic heterocycles. The number of halogens is 1. The number of rotatable bonds is 9. The van der Waals surface area contributed by atoms with Crippen molar-refractivity contribution in [2.75, 3.05) is 0 Å². The van der Waals surface area contributed by atoms with E-state index < -0.39 is 54.3 Å². The topological polar surface area (TPSA) is 81.1 Å². The van der Waals surface area contributed by atoms with Gasteiger partial charge in [0.2, 0.25) is 10.0 Å². The highest BCUT2D eigenvalue weighted by Gasteiger charge is 2.47. The highest BCUT2D eigenvalue weighted by atomic mass is 32.2. The van der Waals surface area contributed by atoms with Crippen LogP contribution in [0, 0.1) is 5.82 Å². The van der Waals surface area contributed by atoms with E-state index in [2.05, 4.69) is 9.71 Å². The minimum Gasteiger partial charge on any atom is -0.305 e. The molecule has 0 saturated heterocycles. The molecule has 2 aliphatic carbocycles. The van der Waals surface area contributed by atoms with E-state index in [4.69, 9.17) is 54.9 Å². The molecular formula is C27H23B7FN3O3S. The molecular weight excluding hydrogens is 541 g/mol. The second-order valence-corrected chi connectivity index (χ2v) is 13.4. The molecule has 5 rings (SSSR count). The number of fused-ring (bicyclic) bond motifs is 1. The molecule has 0 bridgehead atoms. The van der Waals surface area contributed by atoms with Gasteiger partial charge < -0.3 is 4.57 Å². The minimum atomic E-state index is -3.69. The van der Waals surface area contributed by atoms with Crippen molar-refractivity contribution >= 4 is 64.9 Å². The quantitative estimate of drug-likeness (QED) is 0.390. The third-order valence-electron chi connectivity index (χ3n) is 8.22. The molecule has 0 amide bonds. The van der Waals surface area contributed by atoms with Gasteiger partial charge in [-0.05, 0) is 48.7 Å². The molecule has 42 heavy (non-hydrogen) atoms. The molecule has 2 aromatic carbocycles. The Hall–Kier alpha value is -2.39. The number of hydrogen-bond acceptors (Lipinski definition) is 4. The zero-order chi connectivity index (χ0) is 30.7. The van der Waals surface area contributed by atoms with Crippen LogP contribution in [-0.4, -0.2) is 84.2 Å². The van der Waals surface area contributed by atoms with Crippen LogP contribution in [0.2, 0.25) is 10.2 Å². The third-order valence-corrected chi connectivity index (χ3v) is 10.2. The summed E-state index contributed by atoms with van der Waals surface area (Å²) in [7, 11) is 38.3. The molecule has 1 fully saturated rings. The first-order valence-corrected chi connectivity index (χ1v) is 15.1. The predicted molar refractivity (Wildman–Crippen MR) is 168 cm³/mol. The van der Waals surface area contributed by atoms with Crippen LogP contribution in [-0.2, 0) is 28.3 Å². The Kier molecular flexibility index (Phi) is 8.10. The Labute approximate surface area is 255 Å². The van der Waals surface area contributed by atoms with Crippen molar-refractivity contribution in [3.63, 3.8) is 0 Å².